The highest BCUT2D eigenvalue weighted by Gasteiger charge is 2.26. The quantitative estimate of drug-likeness (QED) is 0.450. The number of hydrogen-bond donors (Lipinski definition) is 1. The highest BCUT2D eigenvalue weighted by atomic mass is 16.5. The van der Waals surface area contributed by atoms with Crippen molar-refractivity contribution in [2.24, 2.45) is 0 Å². The Bertz CT molecular complexity index is 1440. The summed E-state index contributed by atoms with van der Waals surface area (Å²) in [5.74, 6) is 1.64. The lowest BCUT2D eigenvalue weighted by Gasteiger charge is -2.32. The molecule has 0 aliphatic carbocycles. The third-order valence-corrected chi connectivity index (χ3v) is 6.91. The van der Waals surface area contributed by atoms with E-state index < -0.39 is 0 Å². The number of carbonyl (C=O) groups is 1. The molecule has 0 saturated carbocycles. The zero-order valence-corrected chi connectivity index (χ0v) is 20.1. The van der Waals surface area contributed by atoms with E-state index in [4.69, 9.17) is 15.0 Å². The first kappa shape index (κ1) is 22.6. The molecular weight excluding hydrogens is 438 g/mol. The van der Waals surface area contributed by atoms with Gasteiger partial charge in [-0.05, 0) is 73.6 Å². The van der Waals surface area contributed by atoms with Crippen molar-refractivity contribution in [2.75, 3.05) is 20.2 Å². The van der Waals surface area contributed by atoms with Crippen LogP contribution in [0.25, 0.3) is 22.4 Å². The van der Waals surface area contributed by atoms with Crippen molar-refractivity contribution in [1.82, 2.24) is 19.9 Å². The number of nitriles is 1. The Balaban J connectivity index is 1.38. The molecule has 1 N–H and O–H groups in total. The van der Waals surface area contributed by atoms with Gasteiger partial charge in [-0.2, -0.15) is 5.26 Å². The number of methoxy groups -OCH3 is 1. The lowest BCUT2D eigenvalue weighted by molar-refractivity contribution is 0.0712. The topological polar surface area (TPSA) is 94.9 Å². The largest absolute Gasteiger partial charge is 0.479 e. The number of aryl methyl sites for hydroxylation is 2. The lowest BCUT2D eigenvalue weighted by Crippen LogP contribution is -2.38. The van der Waals surface area contributed by atoms with E-state index in [1.165, 1.54) is 5.56 Å². The Morgan fingerprint density at radius 1 is 1.11 bits per heavy atom. The highest BCUT2D eigenvalue weighted by molar-refractivity contribution is 5.97. The SMILES string of the molecule is COc1nccc2nc(-c3cc(C(=O)N4CCC(c5ccc(C#N)cc5)CC4)c(C)cc3C)[nH]c12. The van der Waals surface area contributed by atoms with Gasteiger partial charge >= 0.3 is 0 Å². The first-order valence-electron chi connectivity index (χ1n) is 11.8. The number of pyridine rings is 1. The number of likely N-dealkylation sites (tertiary alicyclic amines) is 1. The van der Waals surface area contributed by atoms with Crippen molar-refractivity contribution in [1.29, 1.82) is 5.26 Å². The molecule has 1 saturated heterocycles. The third kappa shape index (κ3) is 4.24. The number of nitrogens with zero attached hydrogens (tertiary/aromatic N) is 4. The molecule has 3 heterocycles. The Hall–Kier alpha value is -4.18. The smallest absolute Gasteiger partial charge is 0.254 e. The van der Waals surface area contributed by atoms with Gasteiger partial charge in [0.25, 0.3) is 5.91 Å². The summed E-state index contributed by atoms with van der Waals surface area (Å²) >= 11 is 0. The number of amides is 1. The lowest BCUT2D eigenvalue weighted by atomic mass is 9.88. The number of piperidine rings is 1. The van der Waals surface area contributed by atoms with Crippen LogP contribution in [0.1, 0.15) is 51.4 Å². The molecule has 0 unspecified atom stereocenters. The second-order valence-electron chi connectivity index (χ2n) is 9.08. The molecule has 1 amide bonds. The van der Waals surface area contributed by atoms with E-state index in [-0.39, 0.29) is 5.91 Å². The second-order valence-corrected chi connectivity index (χ2v) is 9.08. The highest BCUT2D eigenvalue weighted by Crippen LogP contribution is 2.32. The van der Waals surface area contributed by atoms with Gasteiger partial charge in [-0.25, -0.2) is 9.97 Å². The molecule has 2 aromatic carbocycles. The first-order valence-corrected chi connectivity index (χ1v) is 11.8. The number of hydrogen-bond acceptors (Lipinski definition) is 5. The maximum absolute atomic E-state index is 13.5. The van der Waals surface area contributed by atoms with Crippen molar-refractivity contribution in [3.05, 3.63) is 76.5 Å². The summed E-state index contributed by atoms with van der Waals surface area (Å²) in [6.07, 6.45) is 3.49. The summed E-state index contributed by atoms with van der Waals surface area (Å²) in [7, 11) is 1.58. The predicted molar refractivity (Wildman–Crippen MR) is 134 cm³/mol. The number of rotatable bonds is 4. The van der Waals surface area contributed by atoms with Gasteiger partial charge in [0.15, 0.2) is 0 Å². The summed E-state index contributed by atoms with van der Waals surface area (Å²) in [6.45, 7) is 5.43. The van der Waals surface area contributed by atoms with Crippen LogP contribution in [0.15, 0.2) is 48.7 Å². The van der Waals surface area contributed by atoms with Gasteiger partial charge in [-0.15, -0.1) is 0 Å². The van der Waals surface area contributed by atoms with Crippen LogP contribution in [-0.4, -0.2) is 46.0 Å². The zero-order chi connectivity index (χ0) is 24.5. The van der Waals surface area contributed by atoms with Crippen LogP contribution in [-0.2, 0) is 0 Å². The van der Waals surface area contributed by atoms with Crippen LogP contribution in [0, 0.1) is 25.2 Å². The van der Waals surface area contributed by atoms with Crippen LogP contribution in [0.3, 0.4) is 0 Å². The minimum absolute atomic E-state index is 0.0531. The molecule has 0 bridgehead atoms. The molecule has 0 radical (unpaired) electrons. The number of aromatic amines is 1. The number of fused-ring (bicyclic) bond motifs is 1. The van der Waals surface area contributed by atoms with E-state index in [1.807, 2.05) is 55.1 Å². The second kappa shape index (κ2) is 9.22. The molecule has 4 aromatic rings. The Kier molecular flexibility index (Phi) is 5.96. The van der Waals surface area contributed by atoms with E-state index in [1.54, 1.807) is 13.3 Å². The molecule has 7 heteroatoms. The third-order valence-electron chi connectivity index (χ3n) is 6.91. The summed E-state index contributed by atoms with van der Waals surface area (Å²) in [5.41, 5.74) is 7.02. The van der Waals surface area contributed by atoms with Crippen molar-refractivity contribution >= 4 is 16.9 Å². The number of benzene rings is 2. The Labute approximate surface area is 204 Å². The molecular formula is C28H27N5O2. The Morgan fingerprint density at radius 3 is 2.54 bits per heavy atom. The van der Waals surface area contributed by atoms with Crippen molar-refractivity contribution in [3.63, 3.8) is 0 Å². The number of nitrogens with one attached hydrogen (secondary N) is 1. The molecule has 1 aliphatic rings. The van der Waals surface area contributed by atoms with E-state index >= 15 is 0 Å². The van der Waals surface area contributed by atoms with Crippen LogP contribution >= 0.6 is 0 Å². The van der Waals surface area contributed by atoms with Crippen LogP contribution in [0.2, 0.25) is 0 Å². The van der Waals surface area contributed by atoms with Gasteiger partial charge in [0.1, 0.15) is 11.3 Å². The molecule has 7 nitrogen and oxygen atoms in total. The van der Waals surface area contributed by atoms with Crippen molar-refractivity contribution in [2.45, 2.75) is 32.6 Å². The number of H-pyrrole nitrogens is 1. The standard InChI is InChI=1S/C28H27N5O2/c1-17-14-18(2)23(15-22(17)26-31-24-8-11-30-27(35-3)25(24)32-26)28(34)33-12-9-21(10-13-33)20-6-4-19(16-29)5-7-20/h4-8,11,14-15,21H,9-10,12-13H2,1-3H3,(H,31,32). The molecule has 5 rings (SSSR count). The number of carbonyl (C=O) groups excluding carboxylic acids is 1. The molecule has 176 valence electrons. The molecule has 0 spiro atoms. The van der Waals surface area contributed by atoms with Gasteiger partial charge in [-0.3, -0.25) is 4.79 Å². The van der Waals surface area contributed by atoms with Gasteiger partial charge in [0.05, 0.1) is 24.3 Å². The van der Waals surface area contributed by atoms with Crippen molar-refractivity contribution < 1.29 is 9.53 Å². The minimum atomic E-state index is 0.0531. The van der Waals surface area contributed by atoms with Gasteiger partial charge in [0, 0.05) is 30.4 Å². The van der Waals surface area contributed by atoms with E-state index in [9.17, 15) is 4.79 Å². The van der Waals surface area contributed by atoms with Gasteiger partial charge in [0.2, 0.25) is 5.88 Å². The summed E-state index contributed by atoms with van der Waals surface area (Å²) in [6, 6.07) is 15.8. The van der Waals surface area contributed by atoms with E-state index in [0.717, 1.165) is 40.6 Å². The van der Waals surface area contributed by atoms with E-state index in [2.05, 4.69) is 22.1 Å². The average Bonchev–Trinajstić information content (AvgIpc) is 3.33. The number of ether oxygens (including phenoxy) is 1. The number of aromatic nitrogens is 3. The van der Waals surface area contributed by atoms with E-state index in [0.29, 0.717) is 41.8 Å². The van der Waals surface area contributed by atoms with Crippen molar-refractivity contribution in [3.8, 4) is 23.3 Å². The molecule has 35 heavy (non-hydrogen) atoms. The van der Waals surface area contributed by atoms with Gasteiger partial charge < -0.3 is 14.6 Å². The van der Waals surface area contributed by atoms with Crippen LogP contribution in [0.5, 0.6) is 5.88 Å². The molecule has 1 fully saturated rings. The molecule has 1 aliphatic heterocycles. The summed E-state index contributed by atoms with van der Waals surface area (Å²) in [4.78, 5) is 27.8. The maximum Gasteiger partial charge on any atom is 0.254 e. The fraction of sp³-hybridized carbons (Fsp3) is 0.286. The predicted octanol–water partition coefficient (Wildman–Crippen LogP) is 5.14. The fourth-order valence-corrected chi connectivity index (χ4v) is 4.95. The number of imidazole rings is 1. The van der Waals surface area contributed by atoms with Gasteiger partial charge in [-0.1, -0.05) is 18.2 Å². The minimum Gasteiger partial charge on any atom is -0.479 e. The average molecular weight is 466 g/mol. The van der Waals surface area contributed by atoms with Crippen LogP contribution < -0.4 is 4.74 Å². The molecule has 0 atom stereocenters. The Morgan fingerprint density at radius 2 is 1.86 bits per heavy atom. The zero-order valence-electron chi connectivity index (χ0n) is 20.1. The monoisotopic (exact) mass is 465 g/mol. The summed E-state index contributed by atoms with van der Waals surface area (Å²) < 4.78 is 5.36. The first-order chi connectivity index (χ1) is 17.0. The van der Waals surface area contributed by atoms with Crippen LogP contribution in [0.4, 0.5) is 0 Å². The maximum atomic E-state index is 13.5. The summed E-state index contributed by atoms with van der Waals surface area (Å²) in [5, 5.41) is 9.03. The molecule has 2 aromatic heterocycles. The fourth-order valence-electron chi connectivity index (χ4n) is 4.95. The normalized spacial score (nSPS) is 14.2.